The zero-order valence-corrected chi connectivity index (χ0v) is 17.3. The van der Waals surface area contributed by atoms with Crippen molar-refractivity contribution in [3.05, 3.63) is 29.8 Å². The Morgan fingerprint density at radius 3 is 2.25 bits per heavy atom. The van der Waals surface area contributed by atoms with E-state index < -0.39 is 6.04 Å². The van der Waals surface area contributed by atoms with Gasteiger partial charge in [0.2, 0.25) is 11.8 Å². The first kappa shape index (κ1) is 23.9. The Morgan fingerprint density at radius 1 is 1.07 bits per heavy atom. The van der Waals surface area contributed by atoms with Gasteiger partial charge in [-0.1, -0.05) is 33.1 Å². The minimum absolute atomic E-state index is 0. The first-order chi connectivity index (χ1) is 12.9. The summed E-state index contributed by atoms with van der Waals surface area (Å²) in [6.07, 6.45) is 5.63. The first-order valence-corrected chi connectivity index (χ1v) is 9.61. The molecule has 8 heteroatoms. The smallest absolute Gasteiger partial charge is 0.251 e. The summed E-state index contributed by atoms with van der Waals surface area (Å²) in [5, 5.41) is 8.27. The molecule has 1 aliphatic rings. The largest absolute Gasteiger partial charge is 0.349 e. The third kappa shape index (κ3) is 7.48. The van der Waals surface area contributed by atoms with Gasteiger partial charge in [0.05, 0.1) is 12.6 Å². The van der Waals surface area contributed by atoms with E-state index in [1.165, 1.54) is 6.42 Å². The number of nitrogens with two attached hydrogens (primary N) is 1. The number of rotatable bonds is 7. The predicted molar refractivity (Wildman–Crippen MR) is 112 cm³/mol. The van der Waals surface area contributed by atoms with Crippen LogP contribution in [-0.4, -0.2) is 36.3 Å². The van der Waals surface area contributed by atoms with Gasteiger partial charge >= 0.3 is 0 Å². The fourth-order valence-corrected chi connectivity index (χ4v) is 3.01. The SMILES string of the molecule is CC(C)[C@H](N)C(=O)NCC(=O)Nc1ccc(C(=O)NC2CCCCC2)cc1.Cl. The molecule has 0 bridgehead atoms. The molecule has 0 spiro atoms. The maximum absolute atomic E-state index is 12.3. The molecular weight excluding hydrogens is 380 g/mol. The average Bonchev–Trinajstić information content (AvgIpc) is 2.66. The van der Waals surface area contributed by atoms with E-state index in [9.17, 15) is 14.4 Å². The van der Waals surface area contributed by atoms with Crippen molar-refractivity contribution in [3.63, 3.8) is 0 Å². The summed E-state index contributed by atoms with van der Waals surface area (Å²) in [6, 6.07) is 6.33. The van der Waals surface area contributed by atoms with E-state index in [-0.39, 0.29) is 48.6 Å². The highest BCUT2D eigenvalue weighted by molar-refractivity contribution is 5.97. The molecule has 7 nitrogen and oxygen atoms in total. The van der Waals surface area contributed by atoms with E-state index in [4.69, 9.17) is 5.73 Å². The topological polar surface area (TPSA) is 113 Å². The van der Waals surface area contributed by atoms with Gasteiger partial charge in [-0.2, -0.15) is 0 Å². The second kappa shape index (κ2) is 11.7. The summed E-state index contributed by atoms with van der Waals surface area (Å²) in [7, 11) is 0. The normalized spacial score (nSPS) is 15.3. The van der Waals surface area contributed by atoms with Crippen molar-refractivity contribution in [2.45, 2.75) is 58.0 Å². The molecule has 0 saturated heterocycles. The highest BCUT2D eigenvalue weighted by Crippen LogP contribution is 2.18. The summed E-state index contributed by atoms with van der Waals surface area (Å²) in [5.41, 5.74) is 6.86. The van der Waals surface area contributed by atoms with Gasteiger partial charge in [-0.15, -0.1) is 12.4 Å². The summed E-state index contributed by atoms with van der Waals surface area (Å²) in [6.45, 7) is 3.54. The molecule has 0 unspecified atom stereocenters. The quantitative estimate of drug-likeness (QED) is 0.551. The van der Waals surface area contributed by atoms with E-state index >= 15 is 0 Å². The molecule has 0 heterocycles. The zero-order valence-electron chi connectivity index (χ0n) is 16.5. The van der Waals surface area contributed by atoms with Crippen LogP contribution in [0.1, 0.15) is 56.3 Å². The third-order valence-electron chi connectivity index (χ3n) is 4.82. The summed E-state index contributed by atoms with van der Waals surface area (Å²) in [5.74, 6) is -0.788. The Balaban J connectivity index is 0.00000392. The number of carbonyl (C=O) groups is 3. The van der Waals surface area contributed by atoms with Crippen molar-refractivity contribution in [1.82, 2.24) is 10.6 Å². The standard InChI is InChI=1S/C20H30N4O3.ClH/c1-13(2)18(21)20(27)22-12-17(25)23-16-10-8-14(9-11-16)19(26)24-15-6-4-3-5-7-15;/h8-11,13,15,18H,3-7,12,21H2,1-2H3,(H,22,27)(H,23,25)(H,24,26);1H/t18-;/m0./s1. The number of hydrogen-bond donors (Lipinski definition) is 4. The van der Waals surface area contributed by atoms with Gasteiger partial charge in [0.1, 0.15) is 0 Å². The molecule has 1 aliphatic carbocycles. The lowest BCUT2D eigenvalue weighted by molar-refractivity contribution is -0.125. The van der Waals surface area contributed by atoms with Crippen LogP contribution in [0.25, 0.3) is 0 Å². The lowest BCUT2D eigenvalue weighted by Gasteiger charge is -2.22. The van der Waals surface area contributed by atoms with Crippen LogP contribution < -0.4 is 21.7 Å². The van der Waals surface area contributed by atoms with E-state index in [2.05, 4.69) is 16.0 Å². The van der Waals surface area contributed by atoms with E-state index in [0.29, 0.717) is 11.3 Å². The van der Waals surface area contributed by atoms with Crippen molar-refractivity contribution in [1.29, 1.82) is 0 Å². The van der Waals surface area contributed by atoms with Gasteiger partial charge in [0.25, 0.3) is 5.91 Å². The predicted octanol–water partition coefficient (Wildman–Crippen LogP) is 2.21. The number of hydrogen-bond acceptors (Lipinski definition) is 4. The Hall–Kier alpha value is -2.12. The van der Waals surface area contributed by atoms with Gasteiger partial charge in [-0.25, -0.2) is 0 Å². The van der Waals surface area contributed by atoms with Crippen LogP contribution in [0, 0.1) is 5.92 Å². The summed E-state index contributed by atoms with van der Waals surface area (Å²) >= 11 is 0. The molecule has 2 rings (SSSR count). The van der Waals surface area contributed by atoms with E-state index in [1.54, 1.807) is 24.3 Å². The monoisotopic (exact) mass is 410 g/mol. The van der Waals surface area contributed by atoms with Crippen LogP contribution in [0.15, 0.2) is 24.3 Å². The maximum atomic E-state index is 12.3. The molecule has 5 N–H and O–H groups in total. The highest BCUT2D eigenvalue weighted by Gasteiger charge is 2.18. The van der Waals surface area contributed by atoms with E-state index in [0.717, 1.165) is 25.7 Å². The molecule has 1 atom stereocenters. The molecule has 0 aliphatic heterocycles. The minimum Gasteiger partial charge on any atom is -0.349 e. The zero-order chi connectivity index (χ0) is 19.8. The molecule has 3 amide bonds. The Bertz CT molecular complexity index is 658. The minimum atomic E-state index is -0.639. The fraction of sp³-hybridized carbons (Fsp3) is 0.550. The van der Waals surface area contributed by atoms with Crippen LogP contribution >= 0.6 is 12.4 Å². The summed E-state index contributed by atoms with van der Waals surface area (Å²) in [4.78, 5) is 36.0. The molecular formula is C20H31ClN4O3. The lowest BCUT2D eigenvalue weighted by Crippen LogP contribution is -2.46. The highest BCUT2D eigenvalue weighted by atomic mass is 35.5. The van der Waals surface area contributed by atoms with Crippen molar-refractivity contribution in [2.75, 3.05) is 11.9 Å². The molecule has 1 saturated carbocycles. The Kier molecular flexibility index (Phi) is 9.96. The van der Waals surface area contributed by atoms with Gasteiger partial charge in [0, 0.05) is 17.3 Å². The van der Waals surface area contributed by atoms with Crippen molar-refractivity contribution in [3.8, 4) is 0 Å². The van der Waals surface area contributed by atoms with E-state index in [1.807, 2.05) is 13.8 Å². The Labute approximate surface area is 172 Å². The van der Waals surface area contributed by atoms with Crippen LogP contribution in [0.4, 0.5) is 5.69 Å². The summed E-state index contributed by atoms with van der Waals surface area (Å²) < 4.78 is 0. The van der Waals surface area contributed by atoms with Crippen molar-refractivity contribution < 1.29 is 14.4 Å². The first-order valence-electron chi connectivity index (χ1n) is 9.61. The Morgan fingerprint density at radius 2 is 1.68 bits per heavy atom. The van der Waals surface area contributed by atoms with Crippen LogP contribution in [0.2, 0.25) is 0 Å². The molecule has 0 aromatic heterocycles. The second-order valence-electron chi connectivity index (χ2n) is 7.42. The lowest BCUT2D eigenvalue weighted by atomic mass is 9.95. The molecule has 156 valence electrons. The maximum Gasteiger partial charge on any atom is 0.251 e. The van der Waals surface area contributed by atoms with Crippen LogP contribution in [0.5, 0.6) is 0 Å². The van der Waals surface area contributed by atoms with Gasteiger partial charge < -0.3 is 21.7 Å². The average molecular weight is 411 g/mol. The number of anilines is 1. The molecule has 0 radical (unpaired) electrons. The number of carbonyl (C=O) groups excluding carboxylic acids is 3. The van der Waals surface area contributed by atoms with Gasteiger partial charge in [0.15, 0.2) is 0 Å². The number of halogens is 1. The van der Waals surface area contributed by atoms with Gasteiger partial charge in [-0.05, 0) is 43.0 Å². The third-order valence-corrected chi connectivity index (χ3v) is 4.82. The van der Waals surface area contributed by atoms with Crippen molar-refractivity contribution >= 4 is 35.8 Å². The van der Waals surface area contributed by atoms with Crippen LogP contribution in [0.3, 0.4) is 0 Å². The fourth-order valence-electron chi connectivity index (χ4n) is 3.01. The van der Waals surface area contributed by atoms with Gasteiger partial charge in [-0.3, -0.25) is 14.4 Å². The molecule has 1 aromatic rings. The number of benzene rings is 1. The van der Waals surface area contributed by atoms with Crippen LogP contribution in [-0.2, 0) is 9.59 Å². The second-order valence-corrected chi connectivity index (χ2v) is 7.42. The molecule has 1 fully saturated rings. The molecule has 28 heavy (non-hydrogen) atoms. The van der Waals surface area contributed by atoms with Crippen molar-refractivity contribution in [2.24, 2.45) is 11.7 Å². The molecule has 1 aromatic carbocycles. The number of amides is 3. The number of nitrogens with one attached hydrogen (secondary N) is 3.